The summed E-state index contributed by atoms with van der Waals surface area (Å²) in [6, 6.07) is 7.43. The average molecular weight is 359 g/mol. The van der Waals surface area contributed by atoms with Crippen LogP contribution in [0.4, 0.5) is 0 Å². The molecule has 3 rings (SSSR count). The SMILES string of the molecule is COc1ccc(-c2cnn3c(SCC(=O)O)cc(C)nc23)cc1OC. The monoisotopic (exact) mass is 359 g/mol. The van der Waals surface area contributed by atoms with Gasteiger partial charge < -0.3 is 14.6 Å². The van der Waals surface area contributed by atoms with Gasteiger partial charge in [0.2, 0.25) is 0 Å². The van der Waals surface area contributed by atoms with Crippen molar-refractivity contribution in [3.63, 3.8) is 0 Å². The van der Waals surface area contributed by atoms with E-state index in [9.17, 15) is 4.79 Å². The van der Waals surface area contributed by atoms with E-state index in [1.54, 1.807) is 24.9 Å². The molecule has 0 spiro atoms. The Morgan fingerprint density at radius 1 is 1.24 bits per heavy atom. The van der Waals surface area contributed by atoms with E-state index < -0.39 is 5.97 Å². The van der Waals surface area contributed by atoms with E-state index in [2.05, 4.69) is 10.1 Å². The van der Waals surface area contributed by atoms with Crippen LogP contribution in [0.1, 0.15) is 5.69 Å². The van der Waals surface area contributed by atoms with Gasteiger partial charge in [-0.25, -0.2) is 9.50 Å². The Bertz CT molecular complexity index is 939. The summed E-state index contributed by atoms with van der Waals surface area (Å²) < 4.78 is 12.3. The van der Waals surface area contributed by atoms with Crippen molar-refractivity contribution < 1.29 is 19.4 Å². The lowest BCUT2D eigenvalue weighted by molar-refractivity contribution is -0.133. The summed E-state index contributed by atoms with van der Waals surface area (Å²) in [6.07, 6.45) is 1.72. The summed E-state index contributed by atoms with van der Waals surface area (Å²) in [7, 11) is 3.17. The van der Waals surface area contributed by atoms with E-state index in [1.165, 1.54) is 11.8 Å². The fraction of sp³-hybridized carbons (Fsp3) is 0.235. The minimum Gasteiger partial charge on any atom is -0.493 e. The average Bonchev–Trinajstić information content (AvgIpc) is 3.02. The van der Waals surface area contributed by atoms with Gasteiger partial charge in [0, 0.05) is 11.3 Å². The first-order valence-corrected chi connectivity index (χ1v) is 8.44. The van der Waals surface area contributed by atoms with E-state index in [4.69, 9.17) is 14.6 Å². The van der Waals surface area contributed by atoms with Gasteiger partial charge in [0.15, 0.2) is 17.1 Å². The third-order valence-electron chi connectivity index (χ3n) is 3.61. The van der Waals surface area contributed by atoms with E-state index in [-0.39, 0.29) is 5.75 Å². The molecule has 0 radical (unpaired) electrons. The first-order chi connectivity index (χ1) is 12.0. The molecular formula is C17H17N3O4S. The molecule has 3 aromatic rings. The molecule has 0 aliphatic rings. The van der Waals surface area contributed by atoms with Crippen molar-refractivity contribution in [2.45, 2.75) is 11.9 Å². The third kappa shape index (κ3) is 3.39. The van der Waals surface area contributed by atoms with Crippen molar-refractivity contribution in [1.82, 2.24) is 14.6 Å². The maximum Gasteiger partial charge on any atom is 0.313 e. The van der Waals surface area contributed by atoms with E-state index >= 15 is 0 Å². The zero-order chi connectivity index (χ0) is 18.0. The summed E-state index contributed by atoms with van der Waals surface area (Å²) in [5, 5.41) is 14.0. The number of thioether (sulfide) groups is 1. The zero-order valence-electron chi connectivity index (χ0n) is 14.0. The van der Waals surface area contributed by atoms with Crippen LogP contribution in [0.15, 0.2) is 35.5 Å². The minimum absolute atomic E-state index is 0.0376. The van der Waals surface area contributed by atoms with Gasteiger partial charge in [-0.2, -0.15) is 5.10 Å². The van der Waals surface area contributed by atoms with Crippen LogP contribution in [0.3, 0.4) is 0 Å². The maximum absolute atomic E-state index is 10.9. The predicted octanol–water partition coefficient (Wildman–Crippen LogP) is 2.90. The fourth-order valence-electron chi connectivity index (χ4n) is 2.50. The predicted molar refractivity (Wildman–Crippen MR) is 94.6 cm³/mol. The lowest BCUT2D eigenvalue weighted by atomic mass is 10.1. The molecule has 1 aromatic carbocycles. The molecule has 0 aliphatic carbocycles. The third-order valence-corrected chi connectivity index (χ3v) is 4.58. The zero-order valence-corrected chi connectivity index (χ0v) is 14.8. The van der Waals surface area contributed by atoms with E-state index in [0.717, 1.165) is 21.8 Å². The summed E-state index contributed by atoms with van der Waals surface area (Å²) in [6.45, 7) is 1.87. The summed E-state index contributed by atoms with van der Waals surface area (Å²) >= 11 is 1.21. The first-order valence-electron chi connectivity index (χ1n) is 7.46. The molecule has 8 heteroatoms. The number of fused-ring (bicyclic) bond motifs is 1. The molecule has 0 bridgehead atoms. The molecular weight excluding hydrogens is 342 g/mol. The number of methoxy groups -OCH3 is 2. The number of benzene rings is 1. The molecule has 2 aromatic heterocycles. The number of aromatic nitrogens is 3. The number of carbonyl (C=O) groups is 1. The van der Waals surface area contributed by atoms with Crippen molar-refractivity contribution in [1.29, 1.82) is 0 Å². The summed E-state index contributed by atoms with van der Waals surface area (Å²) in [5.41, 5.74) is 3.18. The van der Waals surface area contributed by atoms with Crippen molar-refractivity contribution in [3.8, 4) is 22.6 Å². The molecule has 0 aliphatic heterocycles. The molecule has 0 unspecified atom stereocenters. The van der Waals surface area contributed by atoms with Gasteiger partial charge >= 0.3 is 5.97 Å². The van der Waals surface area contributed by atoms with Crippen molar-refractivity contribution >= 4 is 23.4 Å². The molecule has 0 atom stereocenters. The Kier molecular flexibility index (Phi) is 4.80. The van der Waals surface area contributed by atoms with Crippen LogP contribution in [0.25, 0.3) is 16.8 Å². The Morgan fingerprint density at radius 2 is 2.00 bits per heavy atom. The van der Waals surface area contributed by atoms with Gasteiger partial charge in [0.1, 0.15) is 5.03 Å². The van der Waals surface area contributed by atoms with Gasteiger partial charge in [0.05, 0.1) is 26.2 Å². The van der Waals surface area contributed by atoms with Crippen LogP contribution in [0, 0.1) is 6.92 Å². The number of hydrogen-bond donors (Lipinski definition) is 1. The first kappa shape index (κ1) is 17.1. The van der Waals surface area contributed by atoms with Crippen molar-refractivity contribution in [2.24, 2.45) is 0 Å². The van der Waals surface area contributed by atoms with Crippen LogP contribution in [0.2, 0.25) is 0 Å². The molecule has 25 heavy (non-hydrogen) atoms. The van der Waals surface area contributed by atoms with Crippen LogP contribution < -0.4 is 9.47 Å². The minimum atomic E-state index is -0.875. The van der Waals surface area contributed by atoms with Crippen LogP contribution in [0.5, 0.6) is 11.5 Å². The standard InChI is InChI=1S/C17H17N3O4S/c1-10-6-15(25-9-16(21)22)20-17(19-10)12(8-18-20)11-4-5-13(23-2)14(7-11)24-3/h4-8H,9H2,1-3H3,(H,21,22). The number of rotatable bonds is 6. The second kappa shape index (κ2) is 7.02. The second-order valence-corrected chi connectivity index (χ2v) is 6.28. The molecule has 1 N–H and O–H groups in total. The number of aryl methyl sites for hydroxylation is 1. The molecule has 0 fully saturated rings. The summed E-state index contributed by atoms with van der Waals surface area (Å²) in [4.78, 5) is 15.4. The Balaban J connectivity index is 2.10. The quantitative estimate of drug-likeness (QED) is 0.535. The Morgan fingerprint density at radius 3 is 2.68 bits per heavy atom. The normalized spacial score (nSPS) is 10.8. The van der Waals surface area contributed by atoms with Gasteiger partial charge in [-0.1, -0.05) is 17.8 Å². The van der Waals surface area contributed by atoms with Crippen LogP contribution >= 0.6 is 11.8 Å². The van der Waals surface area contributed by atoms with Gasteiger partial charge in [-0.05, 0) is 30.7 Å². The summed E-state index contributed by atoms with van der Waals surface area (Å²) in [5.74, 6) is 0.348. The van der Waals surface area contributed by atoms with Gasteiger partial charge in [-0.3, -0.25) is 4.79 Å². The molecule has 7 nitrogen and oxygen atoms in total. The molecule has 0 saturated carbocycles. The highest BCUT2D eigenvalue weighted by Gasteiger charge is 2.15. The van der Waals surface area contributed by atoms with Crippen molar-refractivity contribution in [3.05, 3.63) is 36.2 Å². The van der Waals surface area contributed by atoms with Crippen LogP contribution in [-0.4, -0.2) is 45.6 Å². The van der Waals surface area contributed by atoms with Crippen LogP contribution in [-0.2, 0) is 4.79 Å². The smallest absolute Gasteiger partial charge is 0.313 e. The highest BCUT2D eigenvalue weighted by atomic mass is 32.2. The molecule has 0 amide bonds. The van der Waals surface area contributed by atoms with Gasteiger partial charge in [-0.15, -0.1) is 0 Å². The number of ether oxygens (including phenoxy) is 2. The lowest BCUT2D eigenvalue weighted by Gasteiger charge is -2.09. The number of carboxylic acid groups (broad SMARTS) is 1. The highest BCUT2D eigenvalue weighted by Crippen LogP contribution is 2.34. The topological polar surface area (TPSA) is 86.0 Å². The number of aliphatic carboxylic acids is 1. The number of carboxylic acids is 1. The largest absolute Gasteiger partial charge is 0.493 e. The Labute approximate surface area is 148 Å². The van der Waals surface area contributed by atoms with Gasteiger partial charge in [0.25, 0.3) is 0 Å². The van der Waals surface area contributed by atoms with E-state index in [1.807, 2.05) is 31.2 Å². The molecule has 0 saturated heterocycles. The van der Waals surface area contributed by atoms with E-state index in [0.29, 0.717) is 17.1 Å². The fourth-order valence-corrected chi connectivity index (χ4v) is 3.28. The molecule has 2 heterocycles. The highest BCUT2D eigenvalue weighted by molar-refractivity contribution is 7.99. The van der Waals surface area contributed by atoms with Crippen molar-refractivity contribution in [2.75, 3.05) is 20.0 Å². The maximum atomic E-state index is 10.9. The molecule has 130 valence electrons. The number of hydrogen-bond acceptors (Lipinski definition) is 6. The lowest BCUT2D eigenvalue weighted by Crippen LogP contribution is -2.02. The number of nitrogens with zero attached hydrogens (tertiary/aromatic N) is 3. The second-order valence-electron chi connectivity index (χ2n) is 5.28. The Hall–Kier alpha value is -2.74.